The minimum atomic E-state index is -4.25. The predicted molar refractivity (Wildman–Crippen MR) is 208 cm³/mol. The molecule has 4 aromatic carbocycles. The van der Waals surface area contributed by atoms with E-state index in [-0.39, 0.29) is 27.6 Å². The Morgan fingerprint density at radius 2 is 1.35 bits per heavy atom. The van der Waals surface area contributed by atoms with E-state index in [4.69, 9.17) is 9.47 Å². The number of carbonyl (C=O) groups is 2. The van der Waals surface area contributed by atoms with Crippen LogP contribution in [0.3, 0.4) is 0 Å². The molecule has 1 unspecified atom stereocenters. The van der Waals surface area contributed by atoms with Crippen molar-refractivity contribution in [2.24, 2.45) is 0 Å². The van der Waals surface area contributed by atoms with Gasteiger partial charge in [-0.3, -0.25) is 10.1 Å². The van der Waals surface area contributed by atoms with Gasteiger partial charge in [-0.25, -0.2) is 18.0 Å². The zero-order valence-corrected chi connectivity index (χ0v) is 32.5. The highest BCUT2D eigenvalue weighted by Gasteiger charge is 2.40. The Morgan fingerprint density at radius 1 is 0.836 bits per heavy atom. The lowest BCUT2D eigenvalue weighted by atomic mass is 9.80. The molecule has 0 fully saturated rings. The number of ether oxygens (including phenoxy) is 2. The molecule has 0 bridgehead atoms. The van der Waals surface area contributed by atoms with Crippen molar-refractivity contribution in [2.75, 3.05) is 27.2 Å². The first-order chi connectivity index (χ1) is 26.0. The molecule has 290 valence electrons. The number of non-ortho nitro benzene ring substituents is 1. The summed E-state index contributed by atoms with van der Waals surface area (Å²) in [5.41, 5.74) is 3.24. The SMILES string of the molecule is COC(=O)C1=C(C)NC(C)=C(C(=O)OC(C)(C)CN(C)CCC(c2ccccc2)c2ccccc2)C1c1cccc([N+](=O)[O-])c1.O=S(=O)([O-])c1ccccc1. The molecule has 0 aliphatic carbocycles. The monoisotopic (exact) mass is 768 g/mol. The molecule has 0 radical (unpaired) electrons. The molecule has 13 heteroatoms. The number of nitro groups is 1. The summed E-state index contributed by atoms with van der Waals surface area (Å²) < 4.78 is 42.0. The molecule has 5 rings (SSSR count). The Bertz CT molecular complexity index is 2100. The van der Waals surface area contributed by atoms with Crippen LogP contribution < -0.4 is 5.32 Å². The van der Waals surface area contributed by atoms with Gasteiger partial charge < -0.3 is 24.2 Å². The molecule has 0 saturated carbocycles. The molecule has 0 saturated heterocycles. The number of hydrogen-bond donors (Lipinski definition) is 1. The second-order valence-electron chi connectivity index (χ2n) is 13.8. The average molecular weight is 769 g/mol. The number of esters is 2. The van der Waals surface area contributed by atoms with E-state index in [0.29, 0.717) is 23.5 Å². The van der Waals surface area contributed by atoms with E-state index in [1.54, 1.807) is 26.0 Å². The molecule has 12 nitrogen and oxygen atoms in total. The molecule has 4 aromatic rings. The van der Waals surface area contributed by atoms with Gasteiger partial charge in [0, 0.05) is 36.0 Å². The summed E-state index contributed by atoms with van der Waals surface area (Å²) in [6.45, 7) is 8.34. The molecular weight excluding hydrogens is 723 g/mol. The van der Waals surface area contributed by atoms with Crippen molar-refractivity contribution in [3.8, 4) is 0 Å². The van der Waals surface area contributed by atoms with Gasteiger partial charge in [0.05, 0.1) is 34.0 Å². The Balaban J connectivity index is 0.000000583. The molecule has 1 N–H and O–H groups in total. The summed E-state index contributed by atoms with van der Waals surface area (Å²) in [5, 5.41) is 14.7. The molecule has 1 aliphatic rings. The van der Waals surface area contributed by atoms with E-state index < -0.39 is 38.5 Å². The first-order valence-electron chi connectivity index (χ1n) is 17.6. The number of likely N-dealkylation sites (N-methyl/N-ethyl adjacent to an activating group) is 1. The van der Waals surface area contributed by atoms with Crippen LogP contribution in [0.4, 0.5) is 5.69 Å². The van der Waals surface area contributed by atoms with Gasteiger partial charge in [-0.15, -0.1) is 0 Å². The van der Waals surface area contributed by atoms with Crippen molar-refractivity contribution in [1.82, 2.24) is 10.2 Å². The minimum Gasteiger partial charge on any atom is -0.744 e. The Labute approximate surface area is 322 Å². The normalized spacial score (nSPS) is 14.5. The topological polar surface area (TPSA) is 168 Å². The number of nitrogens with zero attached hydrogens (tertiary/aromatic N) is 2. The van der Waals surface area contributed by atoms with E-state index in [1.807, 2.05) is 33.0 Å². The molecule has 1 heterocycles. The van der Waals surface area contributed by atoms with E-state index in [0.717, 1.165) is 13.0 Å². The third kappa shape index (κ3) is 11.4. The average Bonchev–Trinajstić information content (AvgIpc) is 3.15. The molecule has 0 amide bonds. The summed E-state index contributed by atoms with van der Waals surface area (Å²) in [7, 11) is -0.991. The maximum atomic E-state index is 14.0. The highest BCUT2D eigenvalue weighted by Crippen LogP contribution is 2.40. The van der Waals surface area contributed by atoms with Gasteiger partial charge in [-0.2, -0.15) is 0 Å². The zero-order chi connectivity index (χ0) is 40.3. The van der Waals surface area contributed by atoms with Crippen molar-refractivity contribution in [3.63, 3.8) is 0 Å². The summed E-state index contributed by atoms with van der Waals surface area (Å²) in [6, 6.07) is 34.0. The largest absolute Gasteiger partial charge is 0.744 e. The van der Waals surface area contributed by atoms with Crippen LogP contribution in [0.5, 0.6) is 0 Å². The Kier molecular flexibility index (Phi) is 14.3. The van der Waals surface area contributed by atoms with Crippen LogP contribution in [0.25, 0.3) is 0 Å². The third-order valence-electron chi connectivity index (χ3n) is 9.05. The number of dihydropyridines is 1. The maximum absolute atomic E-state index is 14.0. The lowest BCUT2D eigenvalue weighted by Crippen LogP contribution is -2.42. The highest BCUT2D eigenvalue weighted by molar-refractivity contribution is 7.85. The zero-order valence-electron chi connectivity index (χ0n) is 31.7. The number of nitro benzene ring substituents is 1. The number of allylic oxidation sites excluding steroid dienone is 2. The number of hydrogen-bond acceptors (Lipinski definition) is 11. The predicted octanol–water partition coefficient (Wildman–Crippen LogP) is 7.07. The van der Waals surface area contributed by atoms with Crippen LogP contribution in [-0.2, 0) is 29.2 Å². The van der Waals surface area contributed by atoms with Crippen LogP contribution in [0.1, 0.15) is 62.6 Å². The van der Waals surface area contributed by atoms with Crippen molar-refractivity contribution >= 4 is 27.7 Å². The number of rotatable bonds is 13. The van der Waals surface area contributed by atoms with Crippen LogP contribution >= 0.6 is 0 Å². The minimum absolute atomic E-state index is 0.149. The van der Waals surface area contributed by atoms with E-state index in [2.05, 4.69) is 58.7 Å². The third-order valence-corrected chi connectivity index (χ3v) is 9.90. The molecule has 0 aromatic heterocycles. The molecule has 1 atom stereocenters. The first kappa shape index (κ1) is 42.1. The maximum Gasteiger partial charge on any atom is 0.337 e. The Morgan fingerprint density at radius 3 is 1.82 bits per heavy atom. The summed E-state index contributed by atoms with van der Waals surface area (Å²) in [4.78, 5) is 40.0. The molecule has 55 heavy (non-hydrogen) atoms. The van der Waals surface area contributed by atoms with Gasteiger partial charge in [0.2, 0.25) is 0 Å². The summed E-state index contributed by atoms with van der Waals surface area (Å²) in [5.74, 6) is -1.96. The number of benzene rings is 4. The van der Waals surface area contributed by atoms with Crippen molar-refractivity contribution < 1.29 is 37.0 Å². The fourth-order valence-electron chi connectivity index (χ4n) is 6.70. The lowest BCUT2D eigenvalue weighted by molar-refractivity contribution is -0.384. The second kappa shape index (κ2) is 18.6. The van der Waals surface area contributed by atoms with Gasteiger partial charge in [-0.1, -0.05) is 91.0 Å². The standard InChI is InChI=1S/C36H41N3O6.C6H6O3S/c1-24-31(34(40)44-6)33(28-18-13-19-29(22-28)39(42)43)32(25(2)37-24)35(41)45-36(3,4)23-38(5)21-20-30(26-14-9-7-10-15-26)27-16-11-8-12-17-27;7-10(8,9)6-4-2-1-3-5-6/h7-19,22,30,33,37H,20-21,23H2,1-6H3;1-5H,(H,7,8,9)/p-1. The summed E-state index contributed by atoms with van der Waals surface area (Å²) >= 11 is 0. The quantitative estimate of drug-likeness (QED) is 0.0639. The smallest absolute Gasteiger partial charge is 0.337 e. The number of methoxy groups -OCH3 is 1. The van der Waals surface area contributed by atoms with Gasteiger partial charge in [0.15, 0.2) is 0 Å². The van der Waals surface area contributed by atoms with Gasteiger partial charge in [-0.05, 0) is 76.5 Å². The van der Waals surface area contributed by atoms with Gasteiger partial charge in [0.1, 0.15) is 15.7 Å². The van der Waals surface area contributed by atoms with Crippen LogP contribution in [0.2, 0.25) is 0 Å². The van der Waals surface area contributed by atoms with E-state index in [1.165, 1.54) is 60.7 Å². The highest BCUT2D eigenvalue weighted by atomic mass is 32.2. The van der Waals surface area contributed by atoms with E-state index >= 15 is 0 Å². The lowest BCUT2D eigenvalue weighted by Gasteiger charge is -2.34. The number of nitrogens with one attached hydrogen (secondary N) is 1. The summed E-state index contributed by atoms with van der Waals surface area (Å²) in [6.07, 6.45) is 0.865. The van der Waals surface area contributed by atoms with Crippen LogP contribution in [0, 0.1) is 10.1 Å². The first-order valence-corrected chi connectivity index (χ1v) is 19.0. The van der Waals surface area contributed by atoms with Crippen LogP contribution in [0.15, 0.2) is 143 Å². The number of carbonyl (C=O) groups excluding carboxylic acids is 2. The van der Waals surface area contributed by atoms with Crippen LogP contribution in [-0.4, -0.2) is 67.6 Å². The van der Waals surface area contributed by atoms with E-state index in [9.17, 15) is 32.7 Å². The molecule has 1 aliphatic heterocycles. The molecular formula is C42H46N3O9S-. The van der Waals surface area contributed by atoms with Crippen molar-refractivity contribution in [2.45, 2.75) is 56.4 Å². The fourth-order valence-corrected chi connectivity index (χ4v) is 7.19. The Hall–Kier alpha value is -5.63. The fraction of sp³-hybridized carbons (Fsp3) is 0.286. The van der Waals surface area contributed by atoms with Gasteiger partial charge in [0.25, 0.3) is 5.69 Å². The van der Waals surface area contributed by atoms with Crippen molar-refractivity contribution in [1.29, 1.82) is 0 Å². The van der Waals surface area contributed by atoms with Gasteiger partial charge >= 0.3 is 11.9 Å². The van der Waals surface area contributed by atoms with Crippen molar-refractivity contribution in [3.05, 3.63) is 165 Å². The molecule has 0 spiro atoms. The second-order valence-corrected chi connectivity index (χ2v) is 15.2.